The highest BCUT2D eigenvalue weighted by Crippen LogP contribution is 2.16. The molecule has 0 unspecified atom stereocenters. The number of hydrogen-bond acceptors (Lipinski definition) is 4. The lowest BCUT2D eigenvalue weighted by Gasteiger charge is -2.20. The van der Waals surface area contributed by atoms with E-state index in [1.165, 1.54) is 20.0 Å². The highest BCUT2D eigenvalue weighted by atomic mass is 127. The van der Waals surface area contributed by atoms with Crippen LogP contribution in [0.4, 0.5) is 0 Å². The minimum absolute atomic E-state index is 0. The fourth-order valence-corrected chi connectivity index (χ4v) is 2.37. The summed E-state index contributed by atoms with van der Waals surface area (Å²) >= 11 is 0. The van der Waals surface area contributed by atoms with Crippen LogP contribution in [0.15, 0.2) is 15.5 Å². The van der Waals surface area contributed by atoms with Crippen LogP contribution in [0.5, 0.6) is 0 Å². The van der Waals surface area contributed by atoms with Gasteiger partial charge in [-0.05, 0) is 25.8 Å². The molecule has 1 aromatic heterocycles. The van der Waals surface area contributed by atoms with Gasteiger partial charge in [0.05, 0.1) is 13.7 Å². The van der Waals surface area contributed by atoms with Crippen LogP contribution < -0.4 is 5.32 Å². The molecule has 118 valence electrons. The fraction of sp³-hybridized carbons (Fsp3) is 0.571. The van der Waals surface area contributed by atoms with Gasteiger partial charge in [0.25, 0.3) is 0 Å². The van der Waals surface area contributed by atoms with E-state index in [9.17, 15) is 4.79 Å². The number of guanidine groups is 1. The molecular weight excluding hydrogens is 385 g/mol. The zero-order valence-corrected chi connectivity index (χ0v) is 15.0. The molecule has 1 fully saturated rings. The number of esters is 1. The standard InChI is InChI=1S/C14H21N3O3.HI/c1-10-12(13(18)19-3)8-11(20-10)9-16-14(15-2)17-6-4-5-7-17;/h8H,4-7,9H2,1-3H3,(H,15,16);1H. The molecule has 1 saturated heterocycles. The Hall–Kier alpha value is -1.25. The summed E-state index contributed by atoms with van der Waals surface area (Å²) in [5.74, 6) is 1.77. The maximum atomic E-state index is 11.5. The van der Waals surface area contributed by atoms with Gasteiger partial charge in [0.15, 0.2) is 5.96 Å². The first kappa shape index (κ1) is 17.8. The van der Waals surface area contributed by atoms with E-state index in [4.69, 9.17) is 9.15 Å². The minimum Gasteiger partial charge on any atom is -0.465 e. The van der Waals surface area contributed by atoms with E-state index in [-0.39, 0.29) is 29.9 Å². The van der Waals surface area contributed by atoms with Crippen LogP contribution >= 0.6 is 24.0 Å². The number of furan rings is 1. The molecule has 2 heterocycles. The van der Waals surface area contributed by atoms with Crippen LogP contribution in [0.2, 0.25) is 0 Å². The van der Waals surface area contributed by atoms with Gasteiger partial charge < -0.3 is 19.4 Å². The summed E-state index contributed by atoms with van der Waals surface area (Å²) in [5.41, 5.74) is 0.473. The molecule has 7 heteroatoms. The van der Waals surface area contributed by atoms with Crippen LogP contribution in [-0.4, -0.2) is 44.1 Å². The average Bonchev–Trinajstić information content (AvgIpc) is 3.09. The van der Waals surface area contributed by atoms with Crippen molar-refractivity contribution in [2.75, 3.05) is 27.2 Å². The van der Waals surface area contributed by atoms with Crippen LogP contribution in [-0.2, 0) is 11.3 Å². The third-order valence-corrected chi connectivity index (χ3v) is 3.41. The Morgan fingerprint density at radius 3 is 2.71 bits per heavy atom. The molecular formula is C14H22IN3O3. The van der Waals surface area contributed by atoms with Crippen molar-refractivity contribution >= 4 is 35.9 Å². The first-order valence-electron chi connectivity index (χ1n) is 6.79. The number of nitrogens with zero attached hydrogens (tertiary/aromatic N) is 2. The molecule has 0 amide bonds. The molecule has 0 bridgehead atoms. The van der Waals surface area contributed by atoms with Gasteiger partial charge in [-0.15, -0.1) is 24.0 Å². The van der Waals surface area contributed by atoms with E-state index >= 15 is 0 Å². The highest BCUT2D eigenvalue weighted by molar-refractivity contribution is 14.0. The van der Waals surface area contributed by atoms with Gasteiger partial charge >= 0.3 is 5.97 Å². The Balaban J connectivity index is 0.00000220. The van der Waals surface area contributed by atoms with Gasteiger partial charge in [-0.25, -0.2) is 4.79 Å². The van der Waals surface area contributed by atoms with E-state index in [0.29, 0.717) is 23.6 Å². The number of nitrogens with one attached hydrogen (secondary N) is 1. The Morgan fingerprint density at radius 1 is 1.48 bits per heavy atom. The summed E-state index contributed by atoms with van der Waals surface area (Å²) in [6, 6.07) is 1.71. The van der Waals surface area contributed by atoms with Crippen molar-refractivity contribution in [2.45, 2.75) is 26.3 Å². The second kappa shape index (κ2) is 8.26. The van der Waals surface area contributed by atoms with Crippen LogP contribution in [0.1, 0.15) is 34.7 Å². The zero-order chi connectivity index (χ0) is 14.5. The lowest BCUT2D eigenvalue weighted by Crippen LogP contribution is -2.39. The number of hydrogen-bond donors (Lipinski definition) is 1. The van der Waals surface area contributed by atoms with Gasteiger partial charge in [0.1, 0.15) is 17.1 Å². The van der Waals surface area contributed by atoms with E-state index in [1.54, 1.807) is 20.0 Å². The van der Waals surface area contributed by atoms with Gasteiger partial charge in [-0.3, -0.25) is 4.99 Å². The van der Waals surface area contributed by atoms with Crippen molar-refractivity contribution < 1.29 is 13.9 Å². The summed E-state index contributed by atoms with van der Waals surface area (Å²) < 4.78 is 10.3. The van der Waals surface area contributed by atoms with Crippen molar-refractivity contribution in [3.63, 3.8) is 0 Å². The first-order valence-corrected chi connectivity index (χ1v) is 6.79. The number of halogens is 1. The Morgan fingerprint density at radius 2 is 2.14 bits per heavy atom. The molecule has 0 saturated carbocycles. The highest BCUT2D eigenvalue weighted by Gasteiger charge is 2.18. The molecule has 1 aromatic rings. The molecule has 6 nitrogen and oxygen atoms in total. The predicted molar refractivity (Wildman–Crippen MR) is 91.2 cm³/mol. The number of carbonyl (C=O) groups is 1. The Kier molecular flexibility index (Phi) is 7.00. The predicted octanol–water partition coefficient (Wildman–Crippen LogP) is 2.16. The van der Waals surface area contributed by atoms with E-state index in [1.807, 2.05) is 0 Å². The second-order valence-corrected chi connectivity index (χ2v) is 4.77. The Bertz CT molecular complexity index is 508. The number of aliphatic imine (C=N–C) groups is 1. The molecule has 2 rings (SSSR count). The summed E-state index contributed by atoms with van der Waals surface area (Å²) in [6.07, 6.45) is 2.40. The number of carbonyl (C=O) groups excluding carboxylic acids is 1. The summed E-state index contributed by atoms with van der Waals surface area (Å²) in [5, 5.41) is 3.26. The monoisotopic (exact) mass is 407 g/mol. The zero-order valence-electron chi connectivity index (χ0n) is 12.6. The van der Waals surface area contributed by atoms with Crippen molar-refractivity contribution in [2.24, 2.45) is 4.99 Å². The largest absolute Gasteiger partial charge is 0.465 e. The van der Waals surface area contributed by atoms with Gasteiger partial charge in [-0.1, -0.05) is 0 Å². The molecule has 0 aromatic carbocycles. The maximum absolute atomic E-state index is 11.5. The molecule has 0 radical (unpaired) electrons. The third-order valence-electron chi connectivity index (χ3n) is 3.41. The van der Waals surface area contributed by atoms with Crippen LogP contribution in [0.25, 0.3) is 0 Å². The SMILES string of the molecule is CN=C(NCc1cc(C(=O)OC)c(C)o1)N1CCCC1.I. The number of rotatable bonds is 3. The number of ether oxygens (including phenoxy) is 1. The van der Waals surface area contributed by atoms with Crippen molar-refractivity contribution in [1.29, 1.82) is 0 Å². The van der Waals surface area contributed by atoms with Gasteiger partial charge in [-0.2, -0.15) is 0 Å². The normalized spacial score (nSPS) is 14.8. The lowest BCUT2D eigenvalue weighted by molar-refractivity contribution is 0.0599. The van der Waals surface area contributed by atoms with Gasteiger partial charge in [0.2, 0.25) is 0 Å². The second-order valence-electron chi connectivity index (χ2n) is 4.77. The van der Waals surface area contributed by atoms with Crippen molar-refractivity contribution in [3.8, 4) is 0 Å². The molecule has 0 spiro atoms. The first-order chi connectivity index (χ1) is 9.65. The van der Waals surface area contributed by atoms with Gasteiger partial charge in [0, 0.05) is 20.1 Å². The minimum atomic E-state index is -0.374. The van der Waals surface area contributed by atoms with Crippen LogP contribution in [0, 0.1) is 6.92 Å². The lowest BCUT2D eigenvalue weighted by atomic mass is 10.2. The summed E-state index contributed by atoms with van der Waals surface area (Å²) in [7, 11) is 3.13. The van der Waals surface area contributed by atoms with Crippen LogP contribution in [0.3, 0.4) is 0 Å². The molecule has 1 aliphatic rings. The molecule has 21 heavy (non-hydrogen) atoms. The van der Waals surface area contributed by atoms with E-state index < -0.39 is 0 Å². The van der Waals surface area contributed by atoms with E-state index in [2.05, 4.69) is 15.2 Å². The average molecular weight is 407 g/mol. The number of aryl methyl sites for hydroxylation is 1. The summed E-state index contributed by atoms with van der Waals surface area (Å²) in [4.78, 5) is 18.0. The molecule has 0 atom stereocenters. The molecule has 1 aliphatic heterocycles. The summed E-state index contributed by atoms with van der Waals surface area (Å²) in [6.45, 7) is 4.32. The topological polar surface area (TPSA) is 67.1 Å². The number of likely N-dealkylation sites (tertiary alicyclic amines) is 1. The Labute approximate surface area is 141 Å². The molecule has 0 aliphatic carbocycles. The smallest absolute Gasteiger partial charge is 0.341 e. The van der Waals surface area contributed by atoms with Crippen molar-refractivity contribution in [1.82, 2.24) is 10.2 Å². The molecule has 1 N–H and O–H groups in total. The maximum Gasteiger partial charge on any atom is 0.341 e. The van der Waals surface area contributed by atoms with Crippen molar-refractivity contribution in [3.05, 3.63) is 23.2 Å². The quantitative estimate of drug-likeness (QED) is 0.360. The fourth-order valence-electron chi connectivity index (χ4n) is 2.37. The van der Waals surface area contributed by atoms with E-state index in [0.717, 1.165) is 19.0 Å². The third kappa shape index (κ3) is 4.36. The number of methoxy groups -OCH3 is 1.